The van der Waals surface area contributed by atoms with Gasteiger partial charge >= 0.3 is 5.97 Å². The molecule has 0 saturated heterocycles. The normalized spacial score (nSPS) is 10.3. The van der Waals surface area contributed by atoms with E-state index in [0.29, 0.717) is 17.1 Å². The van der Waals surface area contributed by atoms with Crippen LogP contribution in [0.2, 0.25) is 0 Å². The molecule has 0 radical (unpaired) electrons. The van der Waals surface area contributed by atoms with E-state index < -0.39 is 5.97 Å². The lowest BCUT2D eigenvalue weighted by Crippen LogP contribution is -2.13. The standard InChI is InChI=1S/C13H17N5O2/c1-17(2)11-5-4-9(6-10(11)14)13(19)20-7-12-15-8-16-18(12)3/h4-6,8H,7,14H2,1-3H3. The van der Waals surface area contributed by atoms with Gasteiger partial charge in [0.25, 0.3) is 0 Å². The highest BCUT2D eigenvalue weighted by molar-refractivity contribution is 5.92. The molecule has 0 spiro atoms. The van der Waals surface area contributed by atoms with E-state index in [1.165, 1.54) is 6.33 Å². The van der Waals surface area contributed by atoms with E-state index in [4.69, 9.17) is 10.5 Å². The summed E-state index contributed by atoms with van der Waals surface area (Å²) in [6.45, 7) is 0.0741. The molecular weight excluding hydrogens is 258 g/mol. The van der Waals surface area contributed by atoms with E-state index in [0.717, 1.165) is 5.69 Å². The predicted octanol–water partition coefficient (Wildman–Crippen LogP) is 0.820. The van der Waals surface area contributed by atoms with Crippen LogP contribution in [0.15, 0.2) is 24.5 Å². The van der Waals surface area contributed by atoms with Gasteiger partial charge in [-0.2, -0.15) is 5.10 Å². The van der Waals surface area contributed by atoms with Crippen LogP contribution >= 0.6 is 0 Å². The van der Waals surface area contributed by atoms with Crippen molar-refractivity contribution in [3.63, 3.8) is 0 Å². The number of carbonyl (C=O) groups excluding carboxylic acids is 1. The third kappa shape index (κ3) is 2.87. The van der Waals surface area contributed by atoms with E-state index in [1.54, 1.807) is 29.9 Å². The summed E-state index contributed by atoms with van der Waals surface area (Å²) in [5.74, 6) is 0.140. The molecule has 0 fully saturated rings. The molecule has 0 aliphatic rings. The second-order valence-electron chi connectivity index (χ2n) is 4.54. The number of aryl methyl sites for hydroxylation is 1. The van der Waals surface area contributed by atoms with Crippen molar-refractivity contribution < 1.29 is 9.53 Å². The third-order valence-corrected chi connectivity index (χ3v) is 2.88. The Bertz CT molecular complexity index is 621. The molecule has 1 aromatic carbocycles. The molecule has 20 heavy (non-hydrogen) atoms. The maximum Gasteiger partial charge on any atom is 0.338 e. The van der Waals surface area contributed by atoms with Crippen molar-refractivity contribution in [2.75, 3.05) is 24.7 Å². The number of esters is 1. The highest BCUT2D eigenvalue weighted by Crippen LogP contribution is 2.22. The molecule has 2 rings (SSSR count). The van der Waals surface area contributed by atoms with E-state index >= 15 is 0 Å². The van der Waals surface area contributed by atoms with Gasteiger partial charge in [-0.1, -0.05) is 0 Å². The molecule has 7 heteroatoms. The molecule has 2 aromatic rings. The molecular formula is C13H17N5O2. The second-order valence-corrected chi connectivity index (χ2v) is 4.54. The molecule has 0 atom stereocenters. The Hall–Kier alpha value is -2.57. The molecule has 0 bridgehead atoms. The van der Waals surface area contributed by atoms with E-state index in [1.807, 2.05) is 19.0 Å². The highest BCUT2D eigenvalue weighted by Gasteiger charge is 2.12. The molecule has 1 heterocycles. The maximum atomic E-state index is 11.9. The Kier molecular flexibility index (Phi) is 3.88. The minimum atomic E-state index is -0.440. The van der Waals surface area contributed by atoms with Crippen molar-refractivity contribution in [2.45, 2.75) is 6.61 Å². The van der Waals surface area contributed by atoms with Gasteiger partial charge in [-0.3, -0.25) is 4.68 Å². The van der Waals surface area contributed by atoms with Gasteiger partial charge in [0.05, 0.1) is 16.9 Å². The fourth-order valence-electron chi connectivity index (χ4n) is 1.75. The van der Waals surface area contributed by atoms with Crippen molar-refractivity contribution in [2.24, 2.45) is 7.05 Å². The van der Waals surface area contributed by atoms with Crippen LogP contribution in [0, 0.1) is 0 Å². The summed E-state index contributed by atoms with van der Waals surface area (Å²) >= 11 is 0. The van der Waals surface area contributed by atoms with Gasteiger partial charge in [0.15, 0.2) is 12.4 Å². The van der Waals surface area contributed by atoms with Gasteiger partial charge in [0.1, 0.15) is 6.33 Å². The van der Waals surface area contributed by atoms with Crippen LogP contribution in [-0.4, -0.2) is 34.8 Å². The molecule has 0 unspecified atom stereocenters. The van der Waals surface area contributed by atoms with E-state index in [2.05, 4.69) is 10.1 Å². The van der Waals surface area contributed by atoms with Gasteiger partial charge in [0, 0.05) is 21.1 Å². The fourth-order valence-corrected chi connectivity index (χ4v) is 1.75. The summed E-state index contributed by atoms with van der Waals surface area (Å²) in [5, 5.41) is 3.90. The van der Waals surface area contributed by atoms with E-state index in [9.17, 15) is 4.79 Å². The summed E-state index contributed by atoms with van der Waals surface area (Å²) in [6.07, 6.45) is 1.41. The number of hydrogen-bond acceptors (Lipinski definition) is 6. The lowest BCUT2D eigenvalue weighted by molar-refractivity contribution is 0.0458. The van der Waals surface area contributed by atoms with Gasteiger partial charge in [-0.05, 0) is 18.2 Å². The lowest BCUT2D eigenvalue weighted by Gasteiger charge is -2.15. The van der Waals surface area contributed by atoms with Gasteiger partial charge in [-0.15, -0.1) is 0 Å². The van der Waals surface area contributed by atoms with Crippen LogP contribution < -0.4 is 10.6 Å². The molecule has 106 valence electrons. The number of nitrogens with two attached hydrogens (primary N) is 1. The zero-order valence-corrected chi connectivity index (χ0v) is 11.7. The largest absolute Gasteiger partial charge is 0.454 e. The number of anilines is 2. The smallest absolute Gasteiger partial charge is 0.338 e. The summed E-state index contributed by atoms with van der Waals surface area (Å²) in [7, 11) is 5.51. The number of aromatic nitrogens is 3. The van der Waals surface area contributed by atoms with E-state index in [-0.39, 0.29) is 6.61 Å². The first kappa shape index (κ1) is 13.9. The summed E-state index contributed by atoms with van der Waals surface area (Å²) in [6, 6.07) is 5.08. The van der Waals surface area contributed by atoms with Gasteiger partial charge in [-0.25, -0.2) is 9.78 Å². The van der Waals surface area contributed by atoms with Crippen LogP contribution in [0.1, 0.15) is 16.2 Å². The zero-order chi connectivity index (χ0) is 14.7. The predicted molar refractivity (Wildman–Crippen MR) is 75.3 cm³/mol. The van der Waals surface area contributed by atoms with Crippen LogP contribution in [0.3, 0.4) is 0 Å². The molecule has 0 saturated carbocycles. The molecule has 7 nitrogen and oxygen atoms in total. The van der Waals surface area contributed by atoms with Gasteiger partial charge < -0.3 is 15.4 Å². The van der Waals surface area contributed by atoms with Crippen molar-refractivity contribution in [1.29, 1.82) is 0 Å². The SMILES string of the molecule is CN(C)c1ccc(C(=O)OCc2ncnn2C)cc1N. The third-order valence-electron chi connectivity index (χ3n) is 2.88. The topological polar surface area (TPSA) is 86.3 Å². The van der Waals surface area contributed by atoms with Crippen LogP contribution in [0.4, 0.5) is 11.4 Å². The minimum absolute atomic E-state index is 0.0741. The quantitative estimate of drug-likeness (QED) is 0.656. The molecule has 1 aromatic heterocycles. The fraction of sp³-hybridized carbons (Fsp3) is 0.308. The Morgan fingerprint density at radius 1 is 1.45 bits per heavy atom. The van der Waals surface area contributed by atoms with Crippen molar-refractivity contribution in [3.8, 4) is 0 Å². The first-order valence-electron chi connectivity index (χ1n) is 6.06. The number of benzene rings is 1. The minimum Gasteiger partial charge on any atom is -0.454 e. The van der Waals surface area contributed by atoms with Crippen molar-refractivity contribution >= 4 is 17.3 Å². The number of carbonyl (C=O) groups is 1. The summed E-state index contributed by atoms with van der Waals surface area (Å²) in [5.41, 5.74) is 7.70. The lowest BCUT2D eigenvalue weighted by atomic mass is 10.1. The average molecular weight is 275 g/mol. The first-order chi connectivity index (χ1) is 9.49. The zero-order valence-electron chi connectivity index (χ0n) is 11.7. The molecule has 0 aliphatic heterocycles. The Morgan fingerprint density at radius 2 is 2.20 bits per heavy atom. The Labute approximate surface area is 117 Å². The van der Waals surface area contributed by atoms with Gasteiger partial charge in [0.2, 0.25) is 0 Å². The van der Waals surface area contributed by atoms with Crippen molar-refractivity contribution in [1.82, 2.24) is 14.8 Å². The second kappa shape index (κ2) is 5.60. The highest BCUT2D eigenvalue weighted by atomic mass is 16.5. The maximum absolute atomic E-state index is 11.9. The number of ether oxygens (including phenoxy) is 1. The molecule has 2 N–H and O–H groups in total. The monoisotopic (exact) mass is 275 g/mol. The summed E-state index contributed by atoms with van der Waals surface area (Å²) < 4.78 is 6.73. The Balaban J connectivity index is 2.06. The Morgan fingerprint density at radius 3 is 2.75 bits per heavy atom. The number of nitrogens with zero attached hydrogens (tertiary/aromatic N) is 4. The average Bonchev–Trinajstić information content (AvgIpc) is 2.81. The van der Waals surface area contributed by atoms with Crippen molar-refractivity contribution in [3.05, 3.63) is 35.9 Å². The number of nitrogen functional groups attached to an aromatic ring is 1. The molecule has 0 aliphatic carbocycles. The number of rotatable bonds is 4. The number of hydrogen-bond donors (Lipinski definition) is 1. The molecule has 0 amide bonds. The van der Waals surface area contributed by atoms with Crippen LogP contribution in [0.5, 0.6) is 0 Å². The first-order valence-corrected chi connectivity index (χ1v) is 6.06. The van der Waals surface area contributed by atoms with Crippen LogP contribution in [-0.2, 0) is 18.4 Å². The summed E-state index contributed by atoms with van der Waals surface area (Å²) in [4.78, 5) is 17.8. The van der Waals surface area contributed by atoms with Crippen LogP contribution in [0.25, 0.3) is 0 Å².